The summed E-state index contributed by atoms with van der Waals surface area (Å²) in [5.74, 6) is 0. The van der Waals surface area contributed by atoms with Gasteiger partial charge in [0.2, 0.25) is 9.84 Å². The molecule has 0 bridgehead atoms. The highest BCUT2D eigenvalue weighted by Gasteiger charge is 2.50. The molecule has 2 aromatic carbocycles. The van der Waals surface area contributed by atoms with Gasteiger partial charge in [0.15, 0.2) is 5.44 Å². The Morgan fingerprint density at radius 3 is 2.42 bits per heavy atom. The van der Waals surface area contributed by atoms with E-state index in [1.54, 1.807) is 30.3 Å². The van der Waals surface area contributed by atoms with Crippen LogP contribution in [-0.2, 0) is 14.6 Å². The minimum absolute atomic E-state index is 0.315. The van der Waals surface area contributed by atoms with Crippen LogP contribution < -0.4 is 0 Å². The Kier molecular flexibility index (Phi) is 2.92. The van der Waals surface area contributed by atoms with Crippen molar-refractivity contribution < 1.29 is 13.2 Å². The summed E-state index contributed by atoms with van der Waals surface area (Å²) in [4.78, 5) is 0.315. The van der Waals surface area contributed by atoms with Gasteiger partial charge in [0.05, 0.1) is 4.90 Å². The number of aryl methyl sites for hydroxylation is 1. The van der Waals surface area contributed by atoms with Crippen molar-refractivity contribution in [2.45, 2.75) is 23.4 Å². The van der Waals surface area contributed by atoms with Crippen LogP contribution >= 0.6 is 0 Å². The maximum absolute atomic E-state index is 12.3. The molecular formula is C15H14O3S. The normalized spacial score (nSPS) is 22.2. The monoisotopic (exact) mass is 274 g/mol. The first-order valence-corrected chi connectivity index (χ1v) is 7.64. The van der Waals surface area contributed by atoms with Gasteiger partial charge in [-0.3, -0.25) is 0 Å². The van der Waals surface area contributed by atoms with Gasteiger partial charge >= 0.3 is 0 Å². The smallest absolute Gasteiger partial charge is 0.208 e. The molecule has 1 aliphatic heterocycles. The summed E-state index contributed by atoms with van der Waals surface area (Å²) in [7, 11) is -3.40. The molecule has 0 aromatic heterocycles. The minimum atomic E-state index is -3.40. The molecule has 0 saturated carbocycles. The topological polar surface area (TPSA) is 46.7 Å². The first-order chi connectivity index (χ1) is 9.09. The van der Waals surface area contributed by atoms with Crippen molar-refractivity contribution in [3.63, 3.8) is 0 Å². The molecule has 1 fully saturated rings. The summed E-state index contributed by atoms with van der Waals surface area (Å²) in [6.45, 7) is 1.98. The molecule has 0 radical (unpaired) electrons. The maximum atomic E-state index is 12.3. The van der Waals surface area contributed by atoms with E-state index >= 15 is 0 Å². The van der Waals surface area contributed by atoms with Gasteiger partial charge in [-0.05, 0) is 24.6 Å². The Hall–Kier alpha value is -1.65. The number of epoxide rings is 1. The maximum Gasteiger partial charge on any atom is 0.208 e. The second-order valence-corrected chi connectivity index (χ2v) is 6.72. The Morgan fingerprint density at radius 2 is 1.74 bits per heavy atom. The summed E-state index contributed by atoms with van der Waals surface area (Å²) in [5.41, 5.74) is 1.27. The first-order valence-electron chi connectivity index (χ1n) is 6.10. The molecule has 98 valence electrons. The first kappa shape index (κ1) is 12.4. The van der Waals surface area contributed by atoms with Crippen molar-refractivity contribution in [1.29, 1.82) is 0 Å². The molecule has 2 aromatic rings. The third kappa shape index (κ3) is 2.29. The highest BCUT2D eigenvalue weighted by Crippen LogP contribution is 2.44. The summed E-state index contributed by atoms with van der Waals surface area (Å²) in [6.07, 6.45) is -0.342. The van der Waals surface area contributed by atoms with Crippen LogP contribution in [0.15, 0.2) is 59.5 Å². The van der Waals surface area contributed by atoms with E-state index < -0.39 is 15.3 Å². The molecule has 2 atom stereocenters. The fourth-order valence-electron chi connectivity index (χ4n) is 2.16. The van der Waals surface area contributed by atoms with Crippen LogP contribution in [0.2, 0.25) is 0 Å². The molecule has 3 nitrogen and oxygen atoms in total. The number of benzene rings is 2. The summed E-state index contributed by atoms with van der Waals surface area (Å²) >= 11 is 0. The lowest BCUT2D eigenvalue weighted by Crippen LogP contribution is -2.09. The van der Waals surface area contributed by atoms with E-state index in [9.17, 15) is 8.42 Å². The van der Waals surface area contributed by atoms with Crippen molar-refractivity contribution in [3.8, 4) is 0 Å². The van der Waals surface area contributed by atoms with Gasteiger partial charge in [0.25, 0.3) is 0 Å². The van der Waals surface area contributed by atoms with Gasteiger partial charge in [-0.1, -0.05) is 48.0 Å². The van der Waals surface area contributed by atoms with E-state index in [-0.39, 0.29) is 6.10 Å². The second kappa shape index (κ2) is 4.47. The van der Waals surface area contributed by atoms with Crippen molar-refractivity contribution in [3.05, 3.63) is 65.7 Å². The van der Waals surface area contributed by atoms with Crippen molar-refractivity contribution in [2.75, 3.05) is 0 Å². The average Bonchev–Trinajstić information content (AvgIpc) is 3.21. The van der Waals surface area contributed by atoms with Crippen LogP contribution in [0.25, 0.3) is 0 Å². The molecule has 0 spiro atoms. The fourth-order valence-corrected chi connectivity index (χ4v) is 3.72. The van der Waals surface area contributed by atoms with Crippen LogP contribution in [0.5, 0.6) is 0 Å². The number of ether oxygens (including phenoxy) is 1. The zero-order valence-corrected chi connectivity index (χ0v) is 11.3. The van der Waals surface area contributed by atoms with Gasteiger partial charge in [-0.2, -0.15) is 0 Å². The number of rotatable bonds is 3. The minimum Gasteiger partial charge on any atom is -0.347 e. The Morgan fingerprint density at radius 1 is 1.00 bits per heavy atom. The van der Waals surface area contributed by atoms with Crippen LogP contribution in [0.1, 0.15) is 17.2 Å². The SMILES string of the molecule is Cc1cccc([C@@H]2O[C@H]2S(=O)(=O)c2ccccc2)c1. The fraction of sp³-hybridized carbons (Fsp3) is 0.200. The number of hydrogen-bond donors (Lipinski definition) is 0. The molecule has 1 heterocycles. The molecule has 19 heavy (non-hydrogen) atoms. The third-order valence-corrected chi connectivity index (χ3v) is 5.10. The van der Waals surface area contributed by atoms with E-state index in [4.69, 9.17) is 4.74 Å². The van der Waals surface area contributed by atoms with Crippen LogP contribution in [0, 0.1) is 6.92 Å². The van der Waals surface area contributed by atoms with Crippen molar-refractivity contribution in [2.24, 2.45) is 0 Å². The molecule has 0 amide bonds. The molecule has 0 unspecified atom stereocenters. The van der Waals surface area contributed by atoms with Gasteiger partial charge < -0.3 is 4.74 Å². The highest BCUT2D eigenvalue weighted by molar-refractivity contribution is 7.92. The zero-order chi connectivity index (χ0) is 13.5. The molecule has 0 N–H and O–H groups in total. The van der Waals surface area contributed by atoms with E-state index in [1.165, 1.54) is 0 Å². The average molecular weight is 274 g/mol. The Labute approximate surface area is 112 Å². The summed E-state index contributed by atoms with van der Waals surface area (Å²) in [5, 5.41) is 0. The Balaban J connectivity index is 1.87. The molecule has 1 aliphatic rings. The predicted molar refractivity (Wildman–Crippen MR) is 72.4 cm³/mol. The van der Waals surface area contributed by atoms with Crippen molar-refractivity contribution >= 4 is 9.84 Å². The van der Waals surface area contributed by atoms with E-state index in [1.807, 2.05) is 31.2 Å². The lowest BCUT2D eigenvalue weighted by atomic mass is 10.1. The van der Waals surface area contributed by atoms with Gasteiger partial charge in [0, 0.05) is 0 Å². The quantitative estimate of drug-likeness (QED) is 0.808. The lowest BCUT2D eigenvalue weighted by Gasteiger charge is -2.01. The standard InChI is InChI=1S/C15H14O3S/c1-11-6-5-7-12(10-11)14-15(18-14)19(16,17)13-8-3-2-4-9-13/h2-10,14-15H,1H3/t14-,15-/m0/s1. The van der Waals surface area contributed by atoms with Crippen molar-refractivity contribution in [1.82, 2.24) is 0 Å². The highest BCUT2D eigenvalue weighted by atomic mass is 32.2. The van der Waals surface area contributed by atoms with Crippen LogP contribution in [-0.4, -0.2) is 13.9 Å². The molecule has 4 heteroatoms. The van der Waals surface area contributed by atoms with E-state index in [2.05, 4.69) is 0 Å². The van der Waals surface area contributed by atoms with Crippen LogP contribution in [0.3, 0.4) is 0 Å². The molecular weight excluding hydrogens is 260 g/mol. The second-order valence-electron chi connectivity index (χ2n) is 4.70. The summed E-state index contributed by atoms with van der Waals surface area (Å²) in [6, 6.07) is 16.2. The van der Waals surface area contributed by atoms with Gasteiger partial charge in [-0.25, -0.2) is 8.42 Å². The van der Waals surface area contributed by atoms with Gasteiger partial charge in [0.1, 0.15) is 6.10 Å². The lowest BCUT2D eigenvalue weighted by molar-refractivity contribution is 0.399. The summed E-state index contributed by atoms with van der Waals surface area (Å²) < 4.78 is 30.1. The van der Waals surface area contributed by atoms with Crippen LogP contribution in [0.4, 0.5) is 0 Å². The van der Waals surface area contributed by atoms with E-state index in [0.29, 0.717) is 4.90 Å². The largest absolute Gasteiger partial charge is 0.347 e. The molecule has 0 aliphatic carbocycles. The Bertz CT molecular complexity index is 692. The van der Waals surface area contributed by atoms with E-state index in [0.717, 1.165) is 11.1 Å². The third-order valence-electron chi connectivity index (χ3n) is 3.20. The number of hydrogen-bond acceptors (Lipinski definition) is 3. The molecule has 3 rings (SSSR count). The predicted octanol–water partition coefficient (Wildman–Crippen LogP) is 2.87. The van der Waals surface area contributed by atoms with Gasteiger partial charge in [-0.15, -0.1) is 0 Å². The zero-order valence-electron chi connectivity index (χ0n) is 10.5. The number of sulfone groups is 1. The molecule has 1 saturated heterocycles.